The Morgan fingerprint density at radius 2 is 2.26 bits per heavy atom. The number of rotatable bonds is 5. The number of aromatic nitrogens is 2. The summed E-state index contributed by atoms with van der Waals surface area (Å²) in [6.07, 6.45) is 5.44. The van der Waals surface area contributed by atoms with Crippen molar-refractivity contribution in [3.8, 4) is 0 Å². The van der Waals surface area contributed by atoms with Gasteiger partial charge in [0.15, 0.2) is 0 Å². The van der Waals surface area contributed by atoms with Crippen LogP contribution in [0.15, 0.2) is 12.4 Å². The van der Waals surface area contributed by atoms with Gasteiger partial charge in [-0.1, -0.05) is 20.8 Å². The van der Waals surface area contributed by atoms with Gasteiger partial charge in [0, 0.05) is 25.7 Å². The Bertz CT molecular complexity index is 391. The normalized spacial score (nSPS) is 19.8. The monoisotopic (exact) mass is 262 g/mol. The van der Waals surface area contributed by atoms with Gasteiger partial charge in [0.25, 0.3) is 0 Å². The summed E-state index contributed by atoms with van der Waals surface area (Å²) in [6, 6.07) is 2.08. The maximum absolute atomic E-state index is 4.42. The maximum Gasteiger partial charge on any atom is 0.134 e. The van der Waals surface area contributed by atoms with Crippen molar-refractivity contribution in [2.45, 2.75) is 40.0 Å². The zero-order valence-electron chi connectivity index (χ0n) is 12.4. The number of nitrogens with one attached hydrogen (secondary N) is 1. The van der Waals surface area contributed by atoms with E-state index in [9.17, 15) is 0 Å². The van der Waals surface area contributed by atoms with E-state index in [2.05, 4.69) is 47.0 Å². The molecule has 2 rings (SSSR count). The second-order valence-electron chi connectivity index (χ2n) is 6.06. The van der Waals surface area contributed by atoms with E-state index >= 15 is 0 Å². The van der Waals surface area contributed by atoms with Gasteiger partial charge in [-0.3, -0.25) is 0 Å². The Morgan fingerprint density at radius 3 is 3.00 bits per heavy atom. The quantitative estimate of drug-likeness (QED) is 0.885. The summed E-state index contributed by atoms with van der Waals surface area (Å²) in [5.74, 6) is 3.50. The van der Waals surface area contributed by atoms with E-state index in [1.807, 2.05) is 0 Å². The van der Waals surface area contributed by atoms with Crippen LogP contribution >= 0.6 is 0 Å². The first kappa shape index (κ1) is 14.1. The third kappa shape index (κ3) is 4.37. The molecule has 19 heavy (non-hydrogen) atoms. The summed E-state index contributed by atoms with van der Waals surface area (Å²) in [4.78, 5) is 11.1. The molecular weight excluding hydrogens is 236 g/mol. The van der Waals surface area contributed by atoms with Crippen LogP contribution in [0, 0.1) is 11.8 Å². The maximum atomic E-state index is 4.42. The molecule has 0 amide bonds. The predicted octanol–water partition coefficient (Wildman–Crippen LogP) is 3.17. The lowest BCUT2D eigenvalue weighted by atomic mass is 10.0. The van der Waals surface area contributed by atoms with Gasteiger partial charge in [-0.25, -0.2) is 9.97 Å². The zero-order chi connectivity index (χ0) is 13.7. The highest BCUT2D eigenvalue weighted by atomic mass is 15.2. The highest BCUT2D eigenvalue weighted by Crippen LogP contribution is 2.22. The third-order valence-electron chi connectivity index (χ3n) is 3.66. The minimum Gasteiger partial charge on any atom is -0.370 e. The minimum atomic E-state index is 0.719. The fraction of sp³-hybridized carbons (Fsp3) is 0.733. The highest BCUT2D eigenvalue weighted by Gasteiger charge is 2.17. The van der Waals surface area contributed by atoms with Crippen LogP contribution in [0.3, 0.4) is 0 Å². The van der Waals surface area contributed by atoms with Crippen LogP contribution < -0.4 is 10.2 Å². The molecule has 1 N–H and O–H groups in total. The first-order valence-corrected chi connectivity index (χ1v) is 7.46. The minimum absolute atomic E-state index is 0.719. The van der Waals surface area contributed by atoms with Gasteiger partial charge in [0.05, 0.1) is 0 Å². The molecule has 0 aromatic carbocycles. The SMILES string of the molecule is CC(C)CCNc1cc(N2CCCC(C)C2)ncn1. The zero-order valence-corrected chi connectivity index (χ0v) is 12.4. The van der Waals surface area contributed by atoms with Crippen molar-refractivity contribution in [1.82, 2.24) is 9.97 Å². The first-order chi connectivity index (χ1) is 9.15. The first-order valence-electron chi connectivity index (χ1n) is 7.46. The third-order valence-corrected chi connectivity index (χ3v) is 3.66. The van der Waals surface area contributed by atoms with Gasteiger partial charge in [-0.05, 0) is 31.1 Å². The Labute approximate surface area is 116 Å². The second-order valence-corrected chi connectivity index (χ2v) is 6.06. The average Bonchev–Trinajstić information content (AvgIpc) is 2.39. The molecule has 4 nitrogen and oxygen atoms in total. The van der Waals surface area contributed by atoms with E-state index in [-0.39, 0.29) is 0 Å². The average molecular weight is 262 g/mol. The summed E-state index contributed by atoms with van der Waals surface area (Å²) in [6.45, 7) is 10.00. The smallest absolute Gasteiger partial charge is 0.134 e. The fourth-order valence-electron chi connectivity index (χ4n) is 2.50. The summed E-state index contributed by atoms with van der Waals surface area (Å²) in [7, 11) is 0. The lowest BCUT2D eigenvalue weighted by Gasteiger charge is -2.31. The Hall–Kier alpha value is -1.32. The van der Waals surface area contributed by atoms with E-state index in [1.54, 1.807) is 6.33 Å². The van der Waals surface area contributed by atoms with Crippen LogP contribution in [0.4, 0.5) is 11.6 Å². The van der Waals surface area contributed by atoms with E-state index in [0.717, 1.165) is 43.1 Å². The number of hydrogen-bond acceptors (Lipinski definition) is 4. The van der Waals surface area contributed by atoms with Crippen molar-refractivity contribution in [3.63, 3.8) is 0 Å². The van der Waals surface area contributed by atoms with Crippen molar-refractivity contribution >= 4 is 11.6 Å². The number of anilines is 2. The molecule has 1 aromatic heterocycles. The molecule has 2 heterocycles. The summed E-state index contributed by atoms with van der Waals surface area (Å²) >= 11 is 0. The van der Waals surface area contributed by atoms with Crippen molar-refractivity contribution in [1.29, 1.82) is 0 Å². The van der Waals surface area contributed by atoms with Gasteiger partial charge >= 0.3 is 0 Å². The molecule has 0 bridgehead atoms. The highest BCUT2D eigenvalue weighted by molar-refractivity contribution is 5.48. The Kier molecular flexibility index (Phi) is 5.00. The van der Waals surface area contributed by atoms with Crippen LogP contribution in [0.2, 0.25) is 0 Å². The van der Waals surface area contributed by atoms with Crippen LogP contribution in [-0.2, 0) is 0 Å². The summed E-state index contributed by atoms with van der Waals surface area (Å²) in [5.41, 5.74) is 0. The fourth-order valence-corrected chi connectivity index (χ4v) is 2.50. The van der Waals surface area contributed by atoms with Crippen molar-refractivity contribution in [2.24, 2.45) is 11.8 Å². The van der Waals surface area contributed by atoms with Gasteiger partial charge in [-0.15, -0.1) is 0 Å². The molecule has 1 fully saturated rings. The molecule has 0 spiro atoms. The molecule has 0 saturated carbocycles. The lowest BCUT2D eigenvalue weighted by Crippen LogP contribution is -2.34. The Balaban J connectivity index is 1.94. The topological polar surface area (TPSA) is 41.0 Å². The molecule has 1 aliphatic rings. The largest absolute Gasteiger partial charge is 0.370 e. The van der Waals surface area contributed by atoms with Gasteiger partial charge in [-0.2, -0.15) is 0 Å². The van der Waals surface area contributed by atoms with Crippen LogP contribution in [0.25, 0.3) is 0 Å². The number of nitrogens with zero attached hydrogens (tertiary/aromatic N) is 3. The molecule has 106 valence electrons. The molecule has 1 unspecified atom stereocenters. The van der Waals surface area contributed by atoms with E-state index in [1.165, 1.54) is 19.3 Å². The van der Waals surface area contributed by atoms with Gasteiger partial charge < -0.3 is 10.2 Å². The molecule has 1 aromatic rings. The molecule has 1 aliphatic heterocycles. The predicted molar refractivity (Wildman–Crippen MR) is 80.6 cm³/mol. The van der Waals surface area contributed by atoms with E-state index in [4.69, 9.17) is 0 Å². The molecule has 4 heteroatoms. The van der Waals surface area contributed by atoms with Gasteiger partial charge in [0.2, 0.25) is 0 Å². The van der Waals surface area contributed by atoms with Crippen LogP contribution in [0.1, 0.15) is 40.0 Å². The standard InChI is InChI=1S/C15H26N4/c1-12(2)6-7-16-14-9-15(18-11-17-14)19-8-4-5-13(3)10-19/h9,11-13H,4-8,10H2,1-3H3,(H,16,17,18). The molecule has 0 radical (unpaired) electrons. The number of piperidine rings is 1. The van der Waals surface area contributed by atoms with Crippen molar-refractivity contribution < 1.29 is 0 Å². The lowest BCUT2D eigenvalue weighted by molar-refractivity contribution is 0.444. The Morgan fingerprint density at radius 1 is 1.42 bits per heavy atom. The van der Waals surface area contributed by atoms with Crippen LogP contribution in [-0.4, -0.2) is 29.6 Å². The number of hydrogen-bond donors (Lipinski definition) is 1. The molecular formula is C15H26N4. The van der Waals surface area contributed by atoms with Crippen molar-refractivity contribution in [3.05, 3.63) is 12.4 Å². The van der Waals surface area contributed by atoms with Crippen molar-refractivity contribution in [2.75, 3.05) is 29.9 Å². The van der Waals surface area contributed by atoms with E-state index < -0.39 is 0 Å². The summed E-state index contributed by atoms with van der Waals surface area (Å²) < 4.78 is 0. The van der Waals surface area contributed by atoms with Crippen LogP contribution in [0.5, 0.6) is 0 Å². The molecule has 1 saturated heterocycles. The molecule has 1 atom stereocenters. The molecule has 0 aliphatic carbocycles. The summed E-state index contributed by atoms with van der Waals surface area (Å²) in [5, 5.41) is 3.39. The van der Waals surface area contributed by atoms with Gasteiger partial charge in [0.1, 0.15) is 18.0 Å². The van der Waals surface area contributed by atoms with E-state index in [0.29, 0.717) is 0 Å². The second kappa shape index (κ2) is 6.73.